The highest BCUT2D eigenvalue weighted by Gasteiger charge is 2.42. The Hall–Kier alpha value is -1.89. The van der Waals surface area contributed by atoms with E-state index >= 15 is 0 Å². The molecular weight excluding hydrogens is 332 g/mol. The molecular formula is C19H30N4O3. The monoisotopic (exact) mass is 362 g/mol. The predicted octanol–water partition coefficient (Wildman–Crippen LogP) is 1.20. The van der Waals surface area contributed by atoms with E-state index in [4.69, 9.17) is 0 Å². The Kier molecular flexibility index (Phi) is 5.96. The molecule has 3 heterocycles. The largest absolute Gasteiger partial charge is 0.395 e. The van der Waals surface area contributed by atoms with E-state index in [2.05, 4.69) is 9.55 Å². The average molecular weight is 362 g/mol. The summed E-state index contributed by atoms with van der Waals surface area (Å²) in [5, 5.41) is 9.19. The normalized spacial score (nSPS) is 23.7. The van der Waals surface area contributed by atoms with Crippen molar-refractivity contribution in [1.29, 1.82) is 0 Å². The van der Waals surface area contributed by atoms with Crippen LogP contribution < -0.4 is 0 Å². The van der Waals surface area contributed by atoms with Gasteiger partial charge in [-0.3, -0.25) is 9.59 Å². The van der Waals surface area contributed by atoms with Gasteiger partial charge in [-0.25, -0.2) is 4.98 Å². The number of hydrogen-bond acceptors (Lipinski definition) is 4. The first-order valence-electron chi connectivity index (χ1n) is 9.67. The third kappa shape index (κ3) is 4.26. The van der Waals surface area contributed by atoms with Gasteiger partial charge >= 0.3 is 0 Å². The minimum Gasteiger partial charge on any atom is -0.395 e. The minimum atomic E-state index is -0.00185. The van der Waals surface area contributed by atoms with Crippen molar-refractivity contribution in [2.75, 3.05) is 32.8 Å². The van der Waals surface area contributed by atoms with Crippen molar-refractivity contribution < 1.29 is 14.7 Å². The van der Waals surface area contributed by atoms with Gasteiger partial charge in [0.15, 0.2) is 0 Å². The van der Waals surface area contributed by atoms with Crippen molar-refractivity contribution in [3.8, 4) is 0 Å². The van der Waals surface area contributed by atoms with Crippen LogP contribution >= 0.6 is 0 Å². The predicted molar refractivity (Wildman–Crippen MR) is 97.3 cm³/mol. The van der Waals surface area contributed by atoms with Crippen LogP contribution in [0, 0.1) is 12.3 Å². The molecule has 0 saturated carbocycles. The Labute approximate surface area is 155 Å². The number of nitrogens with zero attached hydrogens (tertiary/aromatic N) is 4. The van der Waals surface area contributed by atoms with E-state index in [9.17, 15) is 14.7 Å². The van der Waals surface area contributed by atoms with Gasteiger partial charge in [-0.2, -0.15) is 0 Å². The number of carbonyl (C=O) groups excluding carboxylic acids is 2. The Morgan fingerprint density at radius 3 is 2.88 bits per heavy atom. The van der Waals surface area contributed by atoms with E-state index in [1.54, 1.807) is 11.1 Å². The second-order valence-corrected chi connectivity index (χ2v) is 7.73. The van der Waals surface area contributed by atoms with Gasteiger partial charge in [0.1, 0.15) is 5.82 Å². The first kappa shape index (κ1) is 18.9. The fourth-order valence-corrected chi connectivity index (χ4v) is 4.38. The van der Waals surface area contributed by atoms with E-state index in [1.165, 1.54) is 0 Å². The summed E-state index contributed by atoms with van der Waals surface area (Å²) in [7, 11) is 0. The number of β-amino-alcohol motifs (C(OH)–C–C–N with tert-alkyl or cyclic N) is 1. The molecule has 2 saturated heterocycles. The molecule has 2 aliphatic heterocycles. The number of likely N-dealkylation sites (tertiary alicyclic amines) is 2. The number of imidazole rings is 1. The Bertz CT molecular complexity index is 644. The van der Waals surface area contributed by atoms with Crippen LogP contribution in [0.1, 0.15) is 44.3 Å². The van der Waals surface area contributed by atoms with E-state index in [0.29, 0.717) is 25.9 Å². The second-order valence-electron chi connectivity index (χ2n) is 7.73. The molecule has 0 aliphatic carbocycles. The van der Waals surface area contributed by atoms with E-state index in [0.717, 1.165) is 51.1 Å². The maximum absolute atomic E-state index is 12.7. The fraction of sp³-hybridized carbons (Fsp3) is 0.737. The van der Waals surface area contributed by atoms with Gasteiger partial charge in [-0.05, 0) is 32.6 Å². The van der Waals surface area contributed by atoms with Crippen molar-refractivity contribution in [3.63, 3.8) is 0 Å². The molecule has 1 aromatic heterocycles. The molecule has 2 aliphatic rings. The first-order chi connectivity index (χ1) is 12.5. The number of aliphatic hydroxyl groups excluding tert-OH is 1. The van der Waals surface area contributed by atoms with E-state index in [-0.39, 0.29) is 23.8 Å². The van der Waals surface area contributed by atoms with Crippen molar-refractivity contribution in [2.45, 2.75) is 52.0 Å². The van der Waals surface area contributed by atoms with Crippen LogP contribution in [0.2, 0.25) is 0 Å². The lowest BCUT2D eigenvalue weighted by Gasteiger charge is -2.48. The van der Waals surface area contributed by atoms with Crippen LogP contribution in [-0.2, 0) is 16.1 Å². The number of aliphatic hydroxyl groups is 1. The van der Waals surface area contributed by atoms with Gasteiger partial charge in [0.2, 0.25) is 11.8 Å². The number of aromatic nitrogens is 2. The number of hydrogen-bond donors (Lipinski definition) is 1. The van der Waals surface area contributed by atoms with Crippen LogP contribution in [-0.4, -0.2) is 69.1 Å². The van der Waals surface area contributed by atoms with Crippen LogP contribution in [0.3, 0.4) is 0 Å². The molecule has 1 spiro atoms. The van der Waals surface area contributed by atoms with E-state index in [1.807, 2.05) is 18.0 Å². The smallest absolute Gasteiger partial charge is 0.222 e. The van der Waals surface area contributed by atoms with Crippen molar-refractivity contribution in [1.82, 2.24) is 19.4 Å². The molecule has 7 nitrogen and oxygen atoms in total. The highest BCUT2D eigenvalue weighted by molar-refractivity contribution is 5.78. The van der Waals surface area contributed by atoms with Crippen molar-refractivity contribution in [3.05, 3.63) is 18.2 Å². The minimum absolute atomic E-state index is 0.00185. The van der Waals surface area contributed by atoms with Gasteiger partial charge in [0, 0.05) is 63.4 Å². The molecule has 1 atom stereocenters. The summed E-state index contributed by atoms with van der Waals surface area (Å²) in [6.45, 7) is 5.42. The third-order valence-electron chi connectivity index (χ3n) is 5.85. The number of rotatable bonds is 6. The number of aryl methyl sites for hydroxylation is 2. The van der Waals surface area contributed by atoms with Gasteiger partial charge in [-0.1, -0.05) is 0 Å². The highest BCUT2D eigenvalue weighted by atomic mass is 16.3. The summed E-state index contributed by atoms with van der Waals surface area (Å²) in [6.07, 6.45) is 8.53. The standard InChI is InChI=1S/C19H30N4O3/c1-16-20-8-11-21(16)9-2-4-17(25)22-10-3-6-19(14-22)7-5-18(26)23(15-19)12-13-24/h8,11,24H,2-7,9-10,12-15H2,1H3/t19-/m0/s1. The van der Waals surface area contributed by atoms with Crippen LogP contribution in [0.15, 0.2) is 12.4 Å². The summed E-state index contributed by atoms with van der Waals surface area (Å²) in [5.41, 5.74) is 0.0118. The summed E-state index contributed by atoms with van der Waals surface area (Å²) < 4.78 is 2.07. The molecule has 1 N–H and O–H groups in total. The quantitative estimate of drug-likeness (QED) is 0.825. The molecule has 2 amide bonds. The lowest BCUT2D eigenvalue weighted by molar-refractivity contribution is -0.143. The Balaban J connectivity index is 1.53. The molecule has 7 heteroatoms. The zero-order valence-corrected chi connectivity index (χ0v) is 15.7. The van der Waals surface area contributed by atoms with Crippen LogP contribution in [0.5, 0.6) is 0 Å². The second kappa shape index (κ2) is 8.20. The first-order valence-corrected chi connectivity index (χ1v) is 9.67. The molecule has 1 aromatic rings. The van der Waals surface area contributed by atoms with Gasteiger partial charge in [0.05, 0.1) is 6.61 Å². The summed E-state index contributed by atoms with van der Waals surface area (Å²) in [4.78, 5) is 32.7. The topological polar surface area (TPSA) is 78.7 Å². The van der Waals surface area contributed by atoms with Gasteiger partial charge < -0.3 is 19.5 Å². The zero-order chi connectivity index (χ0) is 18.6. The molecule has 144 valence electrons. The number of piperidine rings is 2. The van der Waals surface area contributed by atoms with E-state index < -0.39 is 0 Å². The Morgan fingerprint density at radius 2 is 2.15 bits per heavy atom. The molecule has 0 unspecified atom stereocenters. The molecule has 2 fully saturated rings. The Morgan fingerprint density at radius 1 is 1.31 bits per heavy atom. The van der Waals surface area contributed by atoms with Crippen LogP contribution in [0.25, 0.3) is 0 Å². The number of carbonyl (C=O) groups is 2. The molecule has 0 bridgehead atoms. The SMILES string of the molecule is Cc1nccn1CCCC(=O)N1CCC[C@]2(CCC(=O)N(CCO)C2)C1. The fourth-order valence-electron chi connectivity index (χ4n) is 4.38. The maximum atomic E-state index is 12.7. The average Bonchev–Trinajstić information content (AvgIpc) is 3.04. The maximum Gasteiger partial charge on any atom is 0.222 e. The van der Waals surface area contributed by atoms with Crippen LogP contribution in [0.4, 0.5) is 0 Å². The van der Waals surface area contributed by atoms with Crippen molar-refractivity contribution in [2.24, 2.45) is 5.41 Å². The molecule has 0 radical (unpaired) electrons. The third-order valence-corrected chi connectivity index (χ3v) is 5.85. The molecule has 3 rings (SSSR count). The summed E-state index contributed by atoms with van der Waals surface area (Å²) >= 11 is 0. The van der Waals surface area contributed by atoms with Gasteiger partial charge in [-0.15, -0.1) is 0 Å². The highest BCUT2D eigenvalue weighted by Crippen LogP contribution is 2.39. The molecule has 0 aromatic carbocycles. The lowest BCUT2D eigenvalue weighted by atomic mass is 9.73. The lowest BCUT2D eigenvalue weighted by Crippen LogP contribution is -2.55. The zero-order valence-electron chi connectivity index (χ0n) is 15.7. The van der Waals surface area contributed by atoms with Crippen molar-refractivity contribution >= 4 is 11.8 Å². The summed E-state index contributed by atoms with van der Waals surface area (Å²) in [5.74, 6) is 1.32. The summed E-state index contributed by atoms with van der Waals surface area (Å²) in [6, 6.07) is 0. The van der Waals surface area contributed by atoms with Gasteiger partial charge in [0.25, 0.3) is 0 Å². The number of amides is 2. The molecule has 26 heavy (non-hydrogen) atoms.